The third-order valence-electron chi connectivity index (χ3n) is 2.23. The average Bonchev–Trinajstić information content (AvgIpc) is 2.38. The number of aromatic nitrogens is 1. The van der Waals surface area contributed by atoms with Crippen molar-refractivity contribution in [2.24, 2.45) is 0 Å². The van der Waals surface area contributed by atoms with Gasteiger partial charge >= 0.3 is 0 Å². The second kappa shape index (κ2) is 5.13. The third kappa shape index (κ3) is 2.73. The molecule has 0 saturated heterocycles. The highest BCUT2D eigenvalue weighted by Crippen LogP contribution is 2.10. The summed E-state index contributed by atoms with van der Waals surface area (Å²) in [6.07, 6.45) is 1.28. The Labute approximate surface area is 102 Å². The van der Waals surface area contributed by atoms with Gasteiger partial charge in [-0.05, 0) is 18.2 Å². The predicted molar refractivity (Wildman–Crippen MR) is 64.6 cm³/mol. The van der Waals surface area contributed by atoms with Crippen LogP contribution in [0, 0.1) is 5.82 Å². The molecule has 0 aliphatic rings. The maximum absolute atomic E-state index is 13.2. The van der Waals surface area contributed by atoms with Crippen molar-refractivity contribution in [2.75, 3.05) is 5.43 Å². The summed E-state index contributed by atoms with van der Waals surface area (Å²) in [5.74, 6) is -0.950. The molecular formula is C12H10FN3O2. The Morgan fingerprint density at radius 3 is 2.61 bits per heavy atom. The van der Waals surface area contributed by atoms with Gasteiger partial charge in [-0.3, -0.25) is 20.4 Å². The number of halogens is 1. The van der Waals surface area contributed by atoms with Gasteiger partial charge in [0.05, 0.1) is 11.3 Å². The number of hydrogen-bond donors (Lipinski definition) is 3. The summed E-state index contributed by atoms with van der Waals surface area (Å²) in [5.41, 5.74) is 4.91. The van der Waals surface area contributed by atoms with E-state index in [1.165, 1.54) is 30.5 Å². The molecule has 1 amide bonds. The van der Waals surface area contributed by atoms with E-state index >= 15 is 0 Å². The zero-order valence-electron chi connectivity index (χ0n) is 9.24. The number of pyridine rings is 1. The Bertz CT molecular complexity index is 604. The first-order valence-electron chi connectivity index (χ1n) is 5.16. The van der Waals surface area contributed by atoms with Crippen molar-refractivity contribution < 1.29 is 9.18 Å². The summed E-state index contributed by atoms with van der Waals surface area (Å²) in [4.78, 5) is 24.8. The summed E-state index contributed by atoms with van der Waals surface area (Å²) >= 11 is 0. The third-order valence-corrected chi connectivity index (χ3v) is 2.23. The van der Waals surface area contributed by atoms with E-state index in [1.54, 1.807) is 12.1 Å². The van der Waals surface area contributed by atoms with Gasteiger partial charge in [0.15, 0.2) is 0 Å². The number of amides is 1. The van der Waals surface area contributed by atoms with Crippen LogP contribution >= 0.6 is 0 Å². The number of carbonyl (C=O) groups excluding carboxylic acids is 1. The molecule has 0 atom stereocenters. The van der Waals surface area contributed by atoms with Crippen LogP contribution in [-0.4, -0.2) is 10.9 Å². The van der Waals surface area contributed by atoms with Crippen LogP contribution in [0.3, 0.4) is 0 Å². The number of hydrazine groups is 1. The van der Waals surface area contributed by atoms with Gasteiger partial charge in [-0.1, -0.05) is 12.1 Å². The highest BCUT2D eigenvalue weighted by atomic mass is 19.1. The topological polar surface area (TPSA) is 74.0 Å². The van der Waals surface area contributed by atoms with Gasteiger partial charge in [-0.2, -0.15) is 0 Å². The van der Waals surface area contributed by atoms with Crippen molar-refractivity contribution in [1.29, 1.82) is 0 Å². The lowest BCUT2D eigenvalue weighted by molar-refractivity contribution is 0.0962. The largest absolute Gasteiger partial charge is 0.328 e. The van der Waals surface area contributed by atoms with Gasteiger partial charge in [-0.25, -0.2) is 4.39 Å². The molecule has 18 heavy (non-hydrogen) atoms. The van der Waals surface area contributed by atoms with Crippen LogP contribution in [0.25, 0.3) is 0 Å². The van der Waals surface area contributed by atoms with Crippen LogP contribution in [0.4, 0.5) is 10.1 Å². The van der Waals surface area contributed by atoms with E-state index in [0.717, 1.165) is 0 Å². The summed E-state index contributed by atoms with van der Waals surface area (Å²) < 4.78 is 13.2. The van der Waals surface area contributed by atoms with Gasteiger partial charge in [0.2, 0.25) is 5.56 Å². The lowest BCUT2D eigenvalue weighted by Crippen LogP contribution is -2.30. The Balaban J connectivity index is 2.03. The van der Waals surface area contributed by atoms with Gasteiger partial charge in [-0.15, -0.1) is 0 Å². The summed E-state index contributed by atoms with van der Waals surface area (Å²) in [5, 5.41) is 0. The molecule has 0 saturated carbocycles. The molecule has 2 rings (SSSR count). The first-order chi connectivity index (χ1) is 8.66. The number of rotatable bonds is 3. The van der Waals surface area contributed by atoms with Crippen molar-refractivity contribution in [3.63, 3.8) is 0 Å². The molecule has 0 aliphatic heterocycles. The number of H-pyrrole nitrogens is 1. The minimum absolute atomic E-state index is 0.162. The molecule has 1 heterocycles. The summed E-state index contributed by atoms with van der Waals surface area (Å²) in [7, 11) is 0. The SMILES string of the molecule is O=C(NNc1ccccc1F)c1ccc(=O)[nH]c1. The van der Waals surface area contributed by atoms with Crippen molar-refractivity contribution in [3.8, 4) is 0 Å². The van der Waals surface area contributed by atoms with Crippen LogP contribution < -0.4 is 16.4 Å². The molecule has 0 unspecified atom stereocenters. The fourth-order valence-corrected chi connectivity index (χ4v) is 1.31. The smallest absolute Gasteiger partial charge is 0.271 e. The number of hydrogen-bond acceptors (Lipinski definition) is 3. The van der Waals surface area contributed by atoms with Crippen molar-refractivity contribution in [2.45, 2.75) is 0 Å². The van der Waals surface area contributed by atoms with Gasteiger partial charge < -0.3 is 4.98 Å². The zero-order valence-corrected chi connectivity index (χ0v) is 9.24. The Morgan fingerprint density at radius 1 is 1.17 bits per heavy atom. The fraction of sp³-hybridized carbons (Fsp3) is 0. The lowest BCUT2D eigenvalue weighted by Gasteiger charge is -2.08. The predicted octanol–water partition coefficient (Wildman–Crippen LogP) is 1.27. The zero-order chi connectivity index (χ0) is 13.0. The van der Waals surface area contributed by atoms with Crippen LogP contribution in [0.1, 0.15) is 10.4 Å². The van der Waals surface area contributed by atoms with Gasteiger partial charge in [0.1, 0.15) is 5.82 Å². The maximum Gasteiger partial charge on any atom is 0.271 e. The lowest BCUT2D eigenvalue weighted by atomic mass is 10.3. The average molecular weight is 247 g/mol. The number of nitrogens with one attached hydrogen (secondary N) is 3. The summed E-state index contributed by atoms with van der Waals surface area (Å²) in [6.45, 7) is 0. The van der Waals surface area contributed by atoms with Crippen molar-refractivity contribution in [1.82, 2.24) is 10.4 Å². The highest BCUT2D eigenvalue weighted by Gasteiger charge is 2.06. The molecular weight excluding hydrogens is 237 g/mol. The quantitative estimate of drug-likeness (QED) is 0.715. The van der Waals surface area contributed by atoms with E-state index < -0.39 is 11.7 Å². The first-order valence-corrected chi connectivity index (χ1v) is 5.16. The monoisotopic (exact) mass is 247 g/mol. The van der Waals surface area contributed by atoms with Crippen molar-refractivity contribution in [3.05, 3.63) is 64.3 Å². The van der Waals surface area contributed by atoms with E-state index in [-0.39, 0.29) is 16.8 Å². The Morgan fingerprint density at radius 2 is 1.94 bits per heavy atom. The first kappa shape index (κ1) is 11.8. The van der Waals surface area contributed by atoms with E-state index in [1.807, 2.05) is 0 Å². The van der Waals surface area contributed by atoms with Crippen molar-refractivity contribution >= 4 is 11.6 Å². The van der Waals surface area contributed by atoms with Crippen LogP contribution in [0.5, 0.6) is 0 Å². The number of benzene rings is 1. The number of aromatic amines is 1. The number of anilines is 1. The molecule has 6 heteroatoms. The molecule has 5 nitrogen and oxygen atoms in total. The fourth-order valence-electron chi connectivity index (χ4n) is 1.31. The summed E-state index contributed by atoms with van der Waals surface area (Å²) in [6, 6.07) is 8.55. The van der Waals surface area contributed by atoms with E-state index in [0.29, 0.717) is 0 Å². The molecule has 0 aliphatic carbocycles. The maximum atomic E-state index is 13.2. The minimum atomic E-state index is -0.477. The van der Waals surface area contributed by atoms with Crippen LogP contribution in [-0.2, 0) is 0 Å². The van der Waals surface area contributed by atoms with Gasteiger partial charge in [0.25, 0.3) is 5.91 Å². The minimum Gasteiger partial charge on any atom is -0.328 e. The molecule has 3 N–H and O–H groups in total. The normalized spacial score (nSPS) is 9.83. The van der Waals surface area contributed by atoms with Crippen LogP contribution in [0.15, 0.2) is 47.4 Å². The number of para-hydroxylation sites is 1. The molecule has 2 aromatic rings. The molecule has 0 bridgehead atoms. The van der Waals surface area contributed by atoms with E-state index in [2.05, 4.69) is 15.8 Å². The molecule has 92 valence electrons. The number of carbonyl (C=O) groups is 1. The molecule has 0 spiro atoms. The molecule has 0 fully saturated rings. The Hall–Kier alpha value is -2.63. The molecule has 0 radical (unpaired) electrons. The highest BCUT2D eigenvalue weighted by molar-refractivity contribution is 5.94. The Kier molecular flexibility index (Phi) is 3.38. The second-order valence-corrected chi connectivity index (χ2v) is 3.50. The van der Waals surface area contributed by atoms with Gasteiger partial charge in [0, 0.05) is 12.3 Å². The van der Waals surface area contributed by atoms with E-state index in [4.69, 9.17) is 0 Å². The molecule has 1 aromatic carbocycles. The molecule has 1 aromatic heterocycles. The standard InChI is InChI=1S/C12H10FN3O2/c13-9-3-1-2-4-10(9)15-16-12(18)8-5-6-11(17)14-7-8/h1-7,15H,(H,14,17)(H,16,18). The van der Waals surface area contributed by atoms with E-state index in [9.17, 15) is 14.0 Å². The van der Waals surface area contributed by atoms with Crippen LogP contribution in [0.2, 0.25) is 0 Å². The second-order valence-electron chi connectivity index (χ2n) is 3.50.